The van der Waals surface area contributed by atoms with Crippen molar-refractivity contribution in [2.75, 3.05) is 0 Å². The van der Waals surface area contributed by atoms with Gasteiger partial charge in [0.05, 0.1) is 4.47 Å². The van der Waals surface area contributed by atoms with Gasteiger partial charge in [0.2, 0.25) is 5.89 Å². The Morgan fingerprint density at radius 1 is 1.44 bits per heavy atom. The molecule has 0 amide bonds. The molecule has 2 aromatic rings. The van der Waals surface area contributed by atoms with E-state index < -0.39 is 17.7 Å². The summed E-state index contributed by atoms with van der Waals surface area (Å²) in [6, 6.07) is 4.05. The molecule has 2 rings (SSSR count). The number of hydrogen-bond acceptors (Lipinski definition) is 4. The predicted octanol–water partition coefficient (Wildman–Crippen LogP) is 2.34. The van der Waals surface area contributed by atoms with Crippen LogP contribution in [0, 0.1) is 5.82 Å². The van der Waals surface area contributed by atoms with Gasteiger partial charge in [0.1, 0.15) is 5.82 Å². The summed E-state index contributed by atoms with van der Waals surface area (Å²) in [5.41, 5.74) is 0.438. The molecule has 0 saturated carbocycles. The first-order valence-electron chi connectivity index (χ1n) is 4.10. The van der Waals surface area contributed by atoms with Crippen molar-refractivity contribution >= 4 is 21.9 Å². The maximum atomic E-state index is 12.9. The fourth-order valence-corrected chi connectivity index (χ4v) is 1.43. The third kappa shape index (κ3) is 1.94. The highest BCUT2D eigenvalue weighted by atomic mass is 79.9. The lowest BCUT2D eigenvalue weighted by Gasteiger charge is -1.96. The zero-order chi connectivity index (χ0) is 11.7. The van der Waals surface area contributed by atoms with Gasteiger partial charge in [0.25, 0.3) is 0 Å². The van der Waals surface area contributed by atoms with E-state index in [0.29, 0.717) is 5.56 Å². The van der Waals surface area contributed by atoms with E-state index >= 15 is 0 Å². The van der Waals surface area contributed by atoms with Crippen molar-refractivity contribution in [2.24, 2.45) is 0 Å². The molecule has 0 atom stereocenters. The summed E-state index contributed by atoms with van der Waals surface area (Å²) in [7, 11) is 0. The zero-order valence-corrected chi connectivity index (χ0v) is 9.23. The molecule has 1 aromatic carbocycles. The van der Waals surface area contributed by atoms with E-state index in [0.717, 1.165) is 0 Å². The Morgan fingerprint density at radius 3 is 2.75 bits per heavy atom. The van der Waals surface area contributed by atoms with Gasteiger partial charge in [0.15, 0.2) is 0 Å². The Labute approximate surface area is 97.0 Å². The molecular formula is C9H4BrFN2O3. The number of benzene rings is 1. The van der Waals surface area contributed by atoms with Crippen molar-refractivity contribution in [2.45, 2.75) is 0 Å². The van der Waals surface area contributed by atoms with Crippen molar-refractivity contribution in [3.63, 3.8) is 0 Å². The van der Waals surface area contributed by atoms with Crippen LogP contribution in [0.25, 0.3) is 11.5 Å². The third-order valence-electron chi connectivity index (χ3n) is 1.77. The molecule has 0 aliphatic rings. The van der Waals surface area contributed by atoms with E-state index in [4.69, 9.17) is 9.52 Å². The average molecular weight is 287 g/mol. The molecule has 0 unspecified atom stereocenters. The van der Waals surface area contributed by atoms with Crippen LogP contribution in [0.3, 0.4) is 0 Å². The summed E-state index contributed by atoms with van der Waals surface area (Å²) >= 11 is 3.00. The molecular weight excluding hydrogens is 283 g/mol. The highest BCUT2D eigenvalue weighted by Crippen LogP contribution is 2.24. The third-order valence-corrected chi connectivity index (χ3v) is 2.38. The van der Waals surface area contributed by atoms with E-state index in [2.05, 4.69) is 26.1 Å². The summed E-state index contributed by atoms with van der Waals surface area (Å²) in [5, 5.41) is 15.4. The van der Waals surface area contributed by atoms with E-state index in [-0.39, 0.29) is 10.4 Å². The highest BCUT2D eigenvalue weighted by molar-refractivity contribution is 9.10. The van der Waals surface area contributed by atoms with Gasteiger partial charge in [-0.3, -0.25) is 0 Å². The molecule has 7 heteroatoms. The molecule has 1 aromatic heterocycles. The fourth-order valence-electron chi connectivity index (χ4n) is 1.06. The van der Waals surface area contributed by atoms with Crippen LogP contribution in [0.4, 0.5) is 4.39 Å². The summed E-state index contributed by atoms with van der Waals surface area (Å²) in [6.07, 6.45) is 0. The first-order valence-corrected chi connectivity index (χ1v) is 4.89. The SMILES string of the molecule is O=C(O)c1nnc(-c2ccc(F)c(Br)c2)o1. The van der Waals surface area contributed by atoms with Crippen molar-refractivity contribution < 1.29 is 18.7 Å². The van der Waals surface area contributed by atoms with E-state index in [1.54, 1.807) is 0 Å². The molecule has 0 aliphatic carbocycles. The molecule has 0 saturated heterocycles. The minimum absolute atomic E-state index is 0.0260. The number of halogens is 2. The van der Waals surface area contributed by atoms with E-state index in [1.165, 1.54) is 18.2 Å². The Balaban J connectivity index is 2.42. The topological polar surface area (TPSA) is 76.2 Å². The molecule has 82 valence electrons. The van der Waals surface area contributed by atoms with Crippen molar-refractivity contribution in [1.82, 2.24) is 10.2 Å². The van der Waals surface area contributed by atoms with Crippen molar-refractivity contribution in [1.29, 1.82) is 0 Å². The number of carboxylic acid groups (broad SMARTS) is 1. The lowest BCUT2D eigenvalue weighted by atomic mass is 10.2. The van der Waals surface area contributed by atoms with Gasteiger partial charge in [-0.1, -0.05) is 0 Å². The number of nitrogens with zero attached hydrogens (tertiary/aromatic N) is 2. The molecule has 0 aliphatic heterocycles. The van der Waals surface area contributed by atoms with Crippen LogP contribution in [0.15, 0.2) is 27.1 Å². The molecule has 1 N–H and O–H groups in total. The number of hydrogen-bond donors (Lipinski definition) is 1. The first-order chi connectivity index (χ1) is 7.58. The van der Waals surface area contributed by atoms with Crippen molar-refractivity contribution in [3.8, 4) is 11.5 Å². The van der Waals surface area contributed by atoms with Crippen LogP contribution >= 0.6 is 15.9 Å². The lowest BCUT2D eigenvalue weighted by Crippen LogP contribution is -1.95. The Hall–Kier alpha value is -1.76. The average Bonchev–Trinajstić information content (AvgIpc) is 2.71. The minimum Gasteiger partial charge on any atom is -0.474 e. The normalized spacial score (nSPS) is 10.4. The van der Waals surface area contributed by atoms with Gasteiger partial charge in [-0.15, -0.1) is 10.2 Å². The molecule has 0 fully saturated rings. The van der Waals surface area contributed by atoms with Crippen LogP contribution in [0.2, 0.25) is 0 Å². The number of carboxylic acids is 1. The maximum absolute atomic E-state index is 12.9. The predicted molar refractivity (Wildman–Crippen MR) is 54.4 cm³/mol. The number of rotatable bonds is 2. The minimum atomic E-state index is -1.31. The van der Waals surface area contributed by atoms with Gasteiger partial charge in [0, 0.05) is 5.56 Å². The second-order valence-electron chi connectivity index (χ2n) is 2.85. The summed E-state index contributed by atoms with van der Waals surface area (Å²) in [4.78, 5) is 10.5. The molecule has 0 spiro atoms. The molecule has 5 nitrogen and oxygen atoms in total. The van der Waals surface area contributed by atoms with Crippen LogP contribution in [-0.2, 0) is 0 Å². The standard InChI is InChI=1S/C9H4BrFN2O3/c10-5-3-4(1-2-6(5)11)7-12-13-8(16-7)9(14)15/h1-3H,(H,14,15). The van der Waals surface area contributed by atoms with Crippen LogP contribution in [-0.4, -0.2) is 21.3 Å². The fraction of sp³-hybridized carbons (Fsp3) is 0. The van der Waals surface area contributed by atoms with Gasteiger partial charge in [-0.05, 0) is 34.1 Å². The summed E-state index contributed by atoms with van der Waals surface area (Å²) in [6.45, 7) is 0. The van der Waals surface area contributed by atoms with Gasteiger partial charge in [-0.25, -0.2) is 9.18 Å². The first kappa shape index (κ1) is 10.7. The Bertz CT molecular complexity index is 555. The number of aromatic nitrogens is 2. The maximum Gasteiger partial charge on any atom is 0.393 e. The highest BCUT2D eigenvalue weighted by Gasteiger charge is 2.14. The van der Waals surface area contributed by atoms with Crippen LogP contribution in [0.1, 0.15) is 10.7 Å². The summed E-state index contributed by atoms with van der Waals surface area (Å²) < 4.78 is 18.0. The molecule has 0 bridgehead atoms. The van der Waals surface area contributed by atoms with Crippen LogP contribution in [0.5, 0.6) is 0 Å². The summed E-state index contributed by atoms with van der Waals surface area (Å²) in [5.74, 6) is -2.21. The molecule has 16 heavy (non-hydrogen) atoms. The quantitative estimate of drug-likeness (QED) is 0.917. The second-order valence-corrected chi connectivity index (χ2v) is 3.70. The zero-order valence-electron chi connectivity index (χ0n) is 7.65. The van der Waals surface area contributed by atoms with Gasteiger partial charge in [-0.2, -0.15) is 0 Å². The van der Waals surface area contributed by atoms with Gasteiger partial charge < -0.3 is 9.52 Å². The van der Waals surface area contributed by atoms with Crippen LogP contribution < -0.4 is 0 Å². The molecule has 1 heterocycles. The second kappa shape index (κ2) is 4.01. The van der Waals surface area contributed by atoms with E-state index in [1.807, 2.05) is 0 Å². The number of carbonyl (C=O) groups is 1. The Morgan fingerprint density at radius 2 is 2.19 bits per heavy atom. The Kier molecular flexibility index (Phi) is 2.69. The monoisotopic (exact) mass is 286 g/mol. The lowest BCUT2D eigenvalue weighted by molar-refractivity contribution is 0.0654. The van der Waals surface area contributed by atoms with Crippen molar-refractivity contribution in [3.05, 3.63) is 34.4 Å². The van der Waals surface area contributed by atoms with E-state index in [9.17, 15) is 9.18 Å². The largest absolute Gasteiger partial charge is 0.474 e. The smallest absolute Gasteiger partial charge is 0.393 e. The number of aromatic carboxylic acids is 1. The molecule has 0 radical (unpaired) electrons. The van der Waals surface area contributed by atoms with Gasteiger partial charge >= 0.3 is 11.9 Å².